The van der Waals surface area contributed by atoms with Gasteiger partial charge in [0.1, 0.15) is 17.3 Å². The number of hydrogen-bond acceptors (Lipinski definition) is 6. The highest BCUT2D eigenvalue weighted by molar-refractivity contribution is 5.81. The third kappa shape index (κ3) is 3.63. The smallest absolute Gasteiger partial charge is 0.225 e. The van der Waals surface area contributed by atoms with Crippen LogP contribution in [-0.2, 0) is 4.74 Å². The van der Waals surface area contributed by atoms with Gasteiger partial charge >= 0.3 is 0 Å². The van der Waals surface area contributed by atoms with Crippen molar-refractivity contribution in [3.05, 3.63) is 59.6 Å². The average molecular weight is 403 g/mol. The molecule has 2 N–H and O–H groups in total. The largest absolute Gasteiger partial charge is 0.495 e. The molecular weight excluding hydrogens is 376 g/mol. The topological polar surface area (TPSA) is 76.9 Å². The lowest BCUT2D eigenvalue weighted by atomic mass is 10.1. The van der Waals surface area contributed by atoms with E-state index >= 15 is 0 Å². The Kier molecular flexibility index (Phi) is 4.65. The van der Waals surface area contributed by atoms with Crippen LogP contribution in [0.1, 0.15) is 36.4 Å². The predicted molar refractivity (Wildman–Crippen MR) is 119 cm³/mol. The van der Waals surface area contributed by atoms with Crippen LogP contribution in [0.3, 0.4) is 0 Å². The first kappa shape index (κ1) is 18.7. The standard InChI is InChI=1S/C23H26N6O/c1-14-10-22(24-2)27-23(25-14)26-18-7-9-21(30-3)20(12-18)29-13-17-11-16(15-4-5-15)6-8-19(17)28-29/h6,8-13,15,18H,4-5,7H2,1-3H3,(H2,24,25,26,27). The summed E-state index contributed by atoms with van der Waals surface area (Å²) in [5.74, 6) is 2.95. The Labute approximate surface area is 175 Å². The lowest BCUT2D eigenvalue weighted by molar-refractivity contribution is 0.303. The maximum absolute atomic E-state index is 5.64. The highest BCUT2D eigenvalue weighted by Gasteiger charge is 2.24. The van der Waals surface area contributed by atoms with Gasteiger partial charge in [-0.05, 0) is 62.0 Å². The van der Waals surface area contributed by atoms with Crippen LogP contribution < -0.4 is 10.6 Å². The minimum atomic E-state index is 0.0414. The highest BCUT2D eigenvalue weighted by atomic mass is 16.5. The van der Waals surface area contributed by atoms with Crippen LogP contribution >= 0.6 is 0 Å². The van der Waals surface area contributed by atoms with Crippen LogP contribution in [0.25, 0.3) is 16.6 Å². The summed E-state index contributed by atoms with van der Waals surface area (Å²) in [6, 6.07) is 8.56. The van der Waals surface area contributed by atoms with Crippen molar-refractivity contribution in [3.63, 3.8) is 0 Å². The van der Waals surface area contributed by atoms with Gasteiger partial charge in [-0.3, -0.25) is 0 Å². The molecule has 5 rings (SSSR count). The second-order valence-electron chi connectivity index (χ2n) is 7.95. The Hall–Kier alpha value is -3.35. The predicted octanol–water partition coefficient (Wildman–Crippen LogP) is 4.31. The van der Waals surface area contributed by atoms with Gasteiger partial charge in [-0.25, -0.2) is 9.67 Å². The molecule has 3 aromatic rings. The van der Waals surface area contributed by atoms with Gasteiger partial charge in [0.15, 0.2) is 0 Å². The van der Waals surface area contributed by atoms with E-state index in [0.717, 1.165) is 46.2 Å². The Morgan fingerprint density at radius 2 is 2.03 bits per heavy atom. The number of fused-ring (bicyclic) bond motifs is 1. The van der Waals surface area contributed by atoms with E-state index in [4.69, 9.17) is 9.84 Å². The van der Waals surface area contributed by atoms with E-state index < -0.39 is 0 Å². The number of nitrogens with zero attached hydrogens (tertiary/aromatic N) is 4. The maximum Gasteiger partial charge on any atom is 0.225 e. The summed E-state index contributed by atoms with van der Waals surface area (Å²) in [7, 11) is 3.56. The average Bonchev–Trinajstić information content (AvgIpc) is 3.51. The molecular formula is C23H26N6O. The Morgan fingerprint density at radius 1 is 1.17 bits per heavy atom. The first-order valence-corrected chi connectivity index (χ1v) is 10.4. The van der Waals surface area contributed by atoms with Gasteiger partial charge in [0.25, 0.3) is 0 Å². The molecule has 0 saturated heterocycles. The van der Waals surface area contributed by atoms with Gasteiger partial charge < -0.3 is 15.4 Å². The lowest BCUT2D eigenvalue weighted by Gasteiger charge is -2.22. The van der Waals surface area contributed by atoms with Gasteiger partial charge in [-0.1, -0.05) is 6.07 Å². The fourth-order valence-corrected chi connectivity index (χ4v) is 3.92. The van der Waals surface area contributed by atoms with Crippen molar-refractivity contribution in [2.24, 2.45) is 0 Å². The van der Waals surface area contributed by atoms with Gasteiger partial charge in [0, 0.05) is 30.4 Å². The Morgan fingerprint density at radius 3 is 2.80 bits per heavy atom. The number of aromatic nitrogens is 4. The van der Waals surface area contributed by atoms with Crippen molar-refractivity contribution in [2.75, 3.05) is 24.8 Å². The second-order valence-corrected chi connectivity index (χ2v) is 7.95. The van der Waals surface area contributed by atoms with Crippen LogP contribution in [0.2, 0.25) is 0 Å². The molecule has 0 bridgehead atoms. The molecule has 30 heavy (non-hydrogen) atoms. The molecule has 0 spiro atoms. The molecule has 7 heteroatoms. The molecule has 2 aliphatic carbocycles. The number of ether oxygens (including phenoxy) is 1. The van der Waals surface area contributed by atoms with Crippen LogP contribution in [0, 0.1) is 6.92 Å². The lowest BCUT2D eigenvalue weighted by Crippen LogP contribution is -2.23. The molecule has 154 valence electrons. The van der Waals surface area contributed by atoms with Gasteiger partial charge in [0.05, 0.1) is 18.7 Å². The zero-order chi connectivity index (χ0) is 20.7. The molecule has 7 nitrogen and oxygen atoms in total. The van der Waals surface area contributed by atoms with Crippen molar-refractivity contribution < 1.29 is 4.74 Å². The fourth-order valence-electron chi connectivity index (χ4n) is 3.92. The third-order valence-electron chi connectivity index (χ3n) is 5.64. The first-order chi connectivity index (χ1) is 14.6. The van der Waals surface area contributed by atoms with Crippen LogP contribution in [0.5, 0.6) is 0 Å². The number of anilines is 2. The summed E-state index contributed by atoms with van der Waals surface area (Å²) in [6.07, 6.45) is 9.69. The number of allylic oxidation sites excluding steroid dienone is 1. The SMILES string of the molecule is CNc1cc(C)nc(NC2C=C(n3cc4cc(C5CC5)ccc4n3)C(OC)=CC2)n1. The number of nitrogens with one attached hydrogen (secondary N) is 2. The number of rotatable bonds is 6. The van der Waals surface area contributed by atoms with Crippen LogP contribution in [0.15, 0.2) is 48.4 Å². The normalized spacial score (nSPS) is 18.7. The van der Waals surface area contributed by atoms with Crippen LogP contribution in [-0.4, -0.2) is 39.9 Å². The molecule has 1 fully saturated rings. The molecule has 0 radical (unpaired) electrons. The van der Waals surface area contributed by atoms with Crippen molar-refractivity contribution in [3.8, 4) is 0 Å². The van der Waals surface area contributed by atoms with E-state index in [1.807, 2.05) is 24.7 Å². The summed E-state index contributed by atoms with van der Waals surface area (Å²) in [5, 5.41) is 12.5. The van der Waals surface area contributed by atoms with Gasteiger partial charge in [-0.2, -0.15) is 10.1 Å². The molecule has 1 unspecified atom stereocenters. The minimum absolute atomic E-state index is 0.0414. The maximum atomic E-state index is 5.64. The minimum Gasteiger partial charge on any atom is -0.495 e. The Bertz CT molecular complexity index is 1160. The summed E-state index contributed by atoms with van der Waals surface area (Å²) >= 11 is 0. The second kappa shape index (κ2) is 7.48. The van der Waals surface area contributed by atoms with Crippen molar-refractivity contribution in [1.29, 1.82) is 0 Å². The summed E-state index contributed by atoms with van der Waals surface area (Å²) in [4.78, 5) is 9.03. The first-order valence-electron chi connectivity index (χ1n) is 10.4. The number of aryl methyl sites for hydroxylation is 1. The van der Waals surface area contributed by atoms with Crippen molar-refractivity contribution in [1.82, 2.24) is 19.7 Å². The van der Waals surface area contributed by atoms with E-state index in [1.54, 1.807) is 7.11 Å². The molecule has 0 aliphatic heterocycles. The zero-order valence-electron chi connectivity index (χ0n) is 17.5. The molecule has 1 atom stereocenters. The van der Waals surface area contributed by atoms with Crippen molar-refractivity contribution in [2.45, 2.75) is 38.1 Å². The molecule has 1 saturated carbocycles. The summed E-state index contributed by atoms with van der Waals surface area (Å²) < 4.78 is 7.56. The zero-order valence-corrected chi connectivity index (χ0v) is 17.5. The highest BCUT2D eigenvalue weighted by Crippen LogP contribution is 2.41. The van der Waals surface area contributed by atoms with E-state index in [9.17, 15) is 0 Å². The molecule has 2 aliphatic rings. The third-order valence-corrected chi connectivity index (χ3v) is 5.64. The molecule has 1 aromatic carbocycles. The van der Waals surface area contributed by atoms with Crippen molar-refractivity contribution >= 4 is 28.4 Å². The summed E-state index contributed by atoms with van der Waals surface area (Å²) in [6.45, 7) is 1.96. The number of hydrogen-bond donors (Lipinski definition) is 2. The van der Waals surface area contributed by atoms with Crippen LogP contribution in [0.4, 0.5) is 11.8 Å². The molecule has 2 aromatic heterocycles. The molecule has 2 heterocycles. The molecule has 0 amide bonds. The van der Waals surface area contributed by atoms with E-state index in [0.29, 0.717) is 5.95 Å². The quantitative estimate of drug-likeness (QED) is 0.640. The number of methoxy groups -OCH3 is 1. The monoisotopic (exact) mass is 402 g/mol. The van der Waals surface area contributed by atoms with Gasteiger partial charge in [-0.15, -0.1) is 0 Å². The summed E-state index contributed by atoms with van der Waals surface area (Å²) in [5.41, 5.74) is 4.24. The van der Waals surface area contributed by atoms with E-state index in [1.165, 1.54) is 18.4 Å². The number of benzene rings is 1. The fraction of sp³-hybridized carbons (Fsp3) is 0.348. The van der Waals surface area contributed by atoms with E-state index in [2.05, 4.69) is 57.1 Å². The van der Waals surface area contributed by atoms with E-state index in [-0.39, 0.29) is 6.04 Å². The Balaban J connectivity index is 1.46. The van der Waals surface area contributed by atoms with Gasteiger partial charge in [0.2, 0.25) is 5.95 Å².